The summed E-state index contributed by atoms with van der Waals surface area (Å²) >= 11 is 11.7. The van der Waals surface area contributed by atoms with E-state index in [-0.39, 0.29) is 5.75 Å². The summed E-state index contributed by atoms with van der Waals surface area (Å²) in [5, 5.41) is 13.4. The van der Waals surface area contributed by atoms with Gasteiger partial charge in [-0.15, -0.1) is 23.2 Å². The summed E-state index contributed by atoms with van der Waals surface area (Å²) in [5.41, 5.74) is 2.91. The maximum atomic E-state index is 10.2. The van der Waals surface area contributed by atoms with Crippen LogP contribution in [-0.2, 0) is 6.54 Å². The average Bonchev–Trinajstić information content (AvgIpc) is 3.08. The fourth-order valence-electron chi connectivity index (χ4n) is 2.54. The van der Waals surface area contributed by atoms with E-state index in [9.17, 15) is 5.11 Å². The average molecular weight is 381 g/mol. The van der Waals surface area contributed by atoms with Gasteiger partial charge in [-0.2, -0.15) is 0 Å². The van der Waals surface area contributed by atoms with E-state index in [4.69, 9.17) is 23.2 Å². The van der Waals surface area contributed by atoms with Crippen LogP contribution in [0.4, 0.5) is 11.5 Å². The van der Waals surface area contributed by atoms with Crippen molar-refractivity contribution >= 4 is 45.9 Å². The first-order valence-corrected chi connectivity index (χ1v) is 8.85. The normalized spacial score (nSPS) is 11.3. The highest BCUT2D eigenvalue weighted by molar-refractivity contribution is 6.18. The largest absolute Gasteiger partial charge is 0.508 e. The number of aromatic nitrogens is 4. The van der Waals surface area contributed by atoms with E-state index in [1.807, 2.05) is 6.07 Å². The highest BCUT2D eigenvalue weighted by atomic mass is 35.5. The van der Waals surface area contributed by atoms with Gasteiger partial charge in [0, 0.05) is 42.6 Å². The minimum absolute atomic E-state index is 0.231. The number of rotatable bonds is 8. The summed E-state index contributed by atoms with van der Waals surface area (Å²) in [6.45, 7) is 1.96. The summed E-state index contributed by atoms with van der Waals surface area (Å²) in [7, 11) is 0. The Labute approximate surface area is 155 Å². The Morgan fingerprint density at radius 1 is 1.12 bits per heavy atom. The number of aromatic amines is 1. The maximum Gasteiger partial charge on any atom is 0.182 e. The van der Waals surface area contributed by atoms with Crippen LogP contribution in [0, 0.1) is 0 Å². The molecule has 0 saturated heterocycles. The molecule has 0 fully saturated rings. The lowest BCUT2D eigenvalue weighted by Crippen LogP contribution is -2.27. The standard InChI is InChI=1S/C16H18Cl2N6O/c17-3-5-24(6-4-18)8-11-7-12(1-2-13(11)25)23-16-14-15(20-9-19-14)21-10-22-16/h1-2,7,9-10,25H,3-6,8H2,(H2,19,20,21,22,23). The third-order valence-electron chi connectivity index (χ3n) is 3.76. The Bertz CT molecular complexity index is 834. The number of aromatic hydroxyl groups is 1. The Hall–Kier alpha value is -2.09. The van der Waals surface area contributed by atoms with Crippen LogP contribution in [0.25, 0.3) is 11.2 Å². The number of phenolic OH excluding ortho intramolecular Hbond substituents is 1. The molecule has 0 unspecified atom stereocenters. The van der Waals surface area contributed by atoms with Gasteiger partial charge < -0.3 is 15.4 Å². The molecule has 1 aromatic carbocycles. The predicted octanol–water partition coefficient (Wildman–Crippen LogP) is 3.08. The number of H-pyrrole nitrogens is 1. The van der Waals surface area contributed by atoms with E-state index < -0.39 is 0 Å². The molecule has 0 aliphatic heterocycles. The van der Waals surface area contributed by atoms with Crippen LogP contribution in [0.3, 0.4) is 0 Å². The van der Waals surface area contributed by atoms with Gasteiger partial charge in [-0.1, -0.05) is 0 Å². The molecule has 3 aromatic rings. The highest BCUT2D eigenvalue weighted by Crippen LogP contribution is 2.26. The van der Waals surface area contributed by atoms with Gasteiger partial charge in [-0.25, -0.2) is 15.0 Å². The van der Waals surface area contributed by atoms with Crippen molar-refractivity contribution in [3.8, 4) is 5.75 Å². The number of imidazole rings is 1. The van der Waals surface area contributed by atoms with E-state index in [1.165, 1.54) is 6.33 Å². The quantitative estimate of drug-likeness (QED) is 0.411. The van der Waals surface area contributed by atoms with Gasteiger partial charge in [-0.3, -0.25) is 4.90 Å². The lowest BCUT2D eigenvalue weighted by molar-refractivity contribution is 0.294. The zero-order valence-corrected chi connectivity index (χ0v) is 14.9. The van der Waals surface area contributed by atoms with Crippen LogP contribution in [-0.4, -0.2) is 54.8 Å². The lowest BCUT2D eigenvalue weighted by atomic mass is 10.1. The molecule has 0 atom stereocenters. The summed E-state index contributed by atoms with van der Waals surface area (Å²) in [6, 6.07) is 5.33. The molecule has 0 aliphatic carbocycles. The SMILES string of the molecule is Oc1ccc(Nc2ncnc3nc[nH]c23)cc1CN(CCCl)CCCl. The first-order chi connectivity index (χ1) is 12.2. The molecule has 0 bridgehead atoms. The molecule has 0 saturated carbocycles. The van der Waals surface area contributed by atoms with Crippen molar-refractivity contribution in [3.63, 3.8) is 0 Å². The predicted molar refractivity (Wildman–Crippen MR) is 99.8 cm³/mol. The number of hydrogen-bond acceptors (Lipinski definition) is 6. The van der Waals surface area contributed by atoms with Crippen molar-refractivity contribution in [1.82, 2.24) is 24.8 Å². The number of anilines is 2. The van der Waals surface area contributed by atoms with Crippen molar-refractivity contribution in [1.29, 1.82) is 0 Å². The van der Waals surface area contributed by atoms with Crippen LogP contribution in [0.15, 0.2) is 30.9 Å². The topological polar surface area (TPSA) is 90.0 Å². The molecule has 7 nitrogen and oxygen atoms in total. The minimum atomic E-state index is 0.231. The fourth-order valence-corrected chi connectivity index (χ4v) is 3.01. The van der Waals surface area contributed by atoms with Gasteiger partial charge in [-0.05, 0) is 18.2 Å². The number of hydrogen-bond donors (Lipinski definition) is 3. The molecule has 0 radical (unpaired) electrons. The number of fused-ring (bicyclic) bond motifs is 1. The molecule has 132 valence electrons. The molecule has 25 heavy (non-hydrogen) atoms. The van der Waals surface area contributed by atoms with E-state index in [0.717, 1.165) is 16.8 Å². The smallest absolute Gasteiger partial charge is 0.182 e. The molecule has 0 amide bonds. The van der Waals surface area contributed by atoms with Crippen molar-refractivity contribution in [2.45, 2.75) is 6.54 Å². The van der Waals surface area contributed by atoms with E-state index in [1.54, 1.807) is 18.5 Å². The summed E-state index contributed by atoms with van der Waals surface area (Å²) in [4.78, 5) is 17.6. The van der Waals surface area contributed by atoms with Crippen molar-refractivity contribution in [2.24, 2.45) is 0 Å². The van der Waals surface area contributed by atoms with Crippen LogP contribution in [0.2, 0.25) is 0 Å². The number of nitrogens with one attached hydrogen (secondary N) is 2. The summed E-state index contributed by atoms with van der Waals surface area (Å²) in [6.07, 6.45) is 3.03. The second-order valence-electron chi connectivity index (χ2n) is 5.45. The highest BCUT2D eigenvalue weighted by Gasteiger charge is 2.11. The van der Waals surface area contributed by atoms with Gasteiger partial charge in [0.2, 0.25) is 0 Å². The molecule has 2 heterocycles. The Morgan fingerprint density at radius 2 is 1.92 bits per heavy atom. The van der Waals surface area contributed by atoms with E-state index in [0.29, 0.717) is 42.9 Å². The molecule has 3 N–H and O–H groups in total. The van der Waals surface area contributed by atoms with Gasteiger partial charge in [0.05, 0.1) is 6.33 Å². The second-order valence-corrected chi connectivity index (χ2v) is 6.20. The van der Waals surface area contributed by atoms with Crippen LogP contribution in [0.5, 0.6) is 5.75 Å². The summed E-state index contributed by atoms with van der Waals surface area (Å²) < 4.78 is 0. The number of nitrogens with zero attached hydrogens (tertiary/aromatic N) is 4. The minimum Gasteiger partial charge on any atom is -0.508 e. The number of phenols is 1. The Kier molecular flexibility index (Phi) is 5.91. The third-order valence-corrected chi connectivity index (χ3v) is 4.10. The zero-order chi connectivity index (χ0) is 17.6. The van der Waals surface area contributed by atoms with E-state index >= 15 is 0 Å². The number of benzene rings is 1. The third kappa shape index (κ3) is 4.31. The molecule has 0 spiro atoms. The zero-order valence-electron chi connectivity index (χ0n) is 13.4. The number of halogens is 2. The van der Waals surface area contributed by atoms with Crippen molar-refractivity contribution in [3.05, 3.63) is 36.4 Å². The van der Waals surface area contributed by atoms with E-state index in [2.05, 4.69) is 30.2 Å². The molecule has 0 aliphatic rings. The maximum absolute atomic E-state index is 10.2. The molecule has 9 heteroatoms. The second kappa shape index (κ2) is 8.33. The monoisotopic (exact) mass is 380 g/mol. The lowest BCUT2D eigenvalue weighted by Gasteiger charge is -2.21. The van der Waals surface area contributed by atoms with Gasteiger partial charge in [0.15, 0.2) is 11.5 Å². The molecule has 3 rings (SSSR count). The first kappa shape index (κ1) is 17.7. The fraction of sp³-hybridized carbons (Fsp3) is 0.312. The number of alkyl halides is 2. The van der Waals surface area contributed by atoms with Crippen molar-refractivity contribution in [2.75, 3.05) is 30.2 Å². The molecule has 2 aromatic heterocycles. The van der Waals surface area contributed by atoms with Gasteiger partial charge >= 0.3 is 0 Å². The van der Waals surface area contributed by atoms with Crippen molar-refractivity contribution < 1.29 is 5.11 Å². The van der Waals surface area contributed by atoms with Gasteiger partial charge in [0.25, 0.3) is 0 Å². The first-order valence-electron chi connectivity index (χ1n) is 7.78. The van der Waals surface area contributed by atoms with Crippen LogP contribution >= 0.6 is 23.2 Å². The molecular formula is C16H18Cl2N6O. The van der Waals surface area contributed by atoms with Crippen LogP contribution in [0.1, 0.15) is 5.56 Å². The summed E-state index contributed by atoms with van der Waals surface area (Å²) in [5.74, 6) is 1.87. The van der Waals surface area contributed by atoms with Gasteiger partial charge in [0.1, 0.15) is 17.6 Å². The van der Waals surface area contributed by atoms with Crippen LogP contribution < -0.4 is 5.32 Å². The molecular weight excluding hydrogens is 363 g/mol. The Balaban J connectivity index is 1.82. The Morgan fingerprint density at radius 3 is 2.68 bits per heavy atom.